The van der Waals surface area contributed by atoms with Crippen LogP contribution in [0.25, 0.3) is 10.9 Å². The fourth-order valence-electron chi connectivity index (χ4n) is 13.4. The number of benzene rings is 1. The van der Waals surface area contributed by atoms with Crippen LogP contribution in [0.4, 0.5) is 4.79 Å². The number of carboxylic acids is 1. The number of ketones is 1. The normalized spacial score (nSPS) is 37.8. The van der Waals surface area contributed by atoms with E-state index < -0.39 is 119 Å². The first-order valence-corrected chi connectivity index (χ1v) is 28.4. The Balaban J connectivity index is 1.07. The summed E-state index contributed by atoms with van der Waals surface area (Å²) < 4.78 is 60.6. The van der Waals surface area contributed by atoms with Gasteiger partial charge in [0.2, 0.25) is 5.43 Å². The Labute approximate surface area is 460 Å². The van der Waals surface area contributed by atoms with Crippen LogP contribution in [0, 0.1) is 23.7 Å². The maximum absolute atomic E-state index is 14.8. The number of carbonyl (C=O) groups is 4. The Bertz CT molecular complexity index is 2510. The molecule has 0 saturated carbocycles. The van der Waals surface area contributed by atoms with Crippen LogP contribution < -0.4 is 16.1 Å². The molecule has 7 rings (SSSR count). The largest absolute Gasteiger partial charge is 0.477 e. The molecular formula is C58H90N4O16. The fraction of sp³-hybridized carbons (Fsp3) is 0.776. The van der Waals surface area contributed by atoms with Crippen LogP contribution >= 0.6 is 0 Å². The van der Waals surface area contributed by atoms with Crippen LogP contribution in [-0.4, -0.2) is 176 Å². The van der Waals surface area contributed by atoms with Crippen LogP contribution in [0.5, 0.6) is 0 Å². The molecular weight excluding hydrogens is 1010 g/mol. The Hall–Kier alpha value is -4.09. The zero-order chi connectivity index (χ0) is 57.2. The number of hydrogen-bond acceptors (Lipinski definition) is 17. The molecule has 0 aliphatic carbocycles. The van der Waals surface area contributed by atoms with E-state index in [4.69, 9.17) is 42.6 Å². The molecule has 0 unspecified atom stereocenters. The van der Waals surface area contributed by atoms with Crippen LogP contribution in [0.2, 0.25) is 0 Å². The minimum atomic E-state index is -1.39. The van der Waals surface area contributed by atoms with Crippen LogP contribution in [0.3, 0.4) is 0 Å². The monoisotopic (exact) mass is 1100 g/mol. The summed E-state index contributed by atoms with van der Waals surface area (Å²) in [6.07, 6.45) is -1.40. The number of rotatable bonds is 18. The number of aryl methyl sites for hydroxylation is 3. The smallest absolute Gasteiger partial charge is 0.408 e. The van der Waals surface area contributed by atoms with Crippen molar-refractivity contribution in [3.63, 3.8) is 0 Å². The lowest BCUT2D eigenvalue weighted by molar-refractivity contribution is -0.322. The van der Waals surface area contributed by atoms with E-state index in [1.54, 1.807) is 35.0 Å². The molecule has 5 aliphatic heterocycles. The molecule has 0 radical (unpaired) electrons. The number of carboxylic acid groups (broad SMARTS) is 1. The van der Waals surface area contributed by atoms with Gasteiger partial charge < -0.3 is 72.9 Å². The molecule has 1 aromatic heterocycles. The number of ether oxygens (including phenoxy) is 9. The average molecular weight is 1100 g/mol. The number of alkyl carbamates (subject to hydrolysis) is 1. The highest BCUT2D eigenvalue weighted by molar-refractivity contribution is 5.94. The summed E-state index contributed by atoms with van der Waals surface area (Å²) in [7, 11) is 6.97. The van der Waals surface area contributed by atoms with Gasteiger partial charge in [0.05, 0.1) is 53.1 Å². The summed E-state index contributed by atoms with van der Waals surface area (Å²) in [5, 5.41) is 28.4. The van der Waals surface area contributed by atoms with Crippen molar-refractivity contribution < 1.29 is 72.0 Å². The van der Waals surface area contributed by atoms with Gasteiger partial charge in [-0.15, -0.1) is 0 Å². The number of carbonyl (C=O) groups excluding carboxylic acids is 3. The number of aliphatic hydroxyl groups excluding tert-OH is 1. The number of nitrogens with one attached hydrogen (secondary N) is 2. The summed E-state index contributed by atoms with van der Waals surface area (Å²) in [6, 6.07) is 2.88. The van der Waals surface area contributed by atoms with Crippen molar-refractivity contribution in [2.75, 3.05) is 48.0 Å². The maximum atomic E-state index is 14.8. The van der Waals surface area contributed by atoms with Gasteiger partial charge in [0.15, 0.2) is 18.2 Å². The lowest BCUT2D eigenvalue weighted by atomic mass is 9.73. The van der Waals surface area contributed by atoms with E-state index in [-0.39, 0.29) is 42.8 Å². The second-order valence-electron chi connectivity index (χ2n) is 23.8. The number of esters is 1. The summed E-state index contributed by atoms with van der Waals surface area (Å²) in [4.78, 5) is 69.4. The van der Waals surface area contributed by atoms with E-state index in [1.807, 2.05) is 78.1 Å². The number of aliphatic hydroxyl groups is 1. The molecule has 78 heavy (non-hydrogen) atoms. The average Bonchev–Trinajstić information content (AvgIpc) is 3.72. The Morgan fingerprint density at radius 2 is 1.62 bits per heavy atom. The first kappa shape index (κ1) is 61.5. The SMILES string of the molecule is CC[C@H]1OC(=O)[C@H](C)[C@@H](O[C@H]2C[C@@](C)(OC)[C@@H](OCCCNCCCc3cc4c5c(c3)c(=O)c(C(=O)O)cn5CCC4)[C@H](C)O2)[C@H](C)[C@@H](O[C@@H]2O[C@H](C)C[C@H](N(C)C)[C@H]2O)[C@](C)(OC)C[C@@H](C)C(=O)[C@H](C)[C@H]2NC(=O)O[C@@]21C. The molecule has 1 amide bonds. The van der Waals surface area contributed by atoms with Crippen molar-refractivity contribution in [2.24, 2.45) is 23.7 Å². The second kappa shape index (κ2) is 25.4. The number of nitrogens with zero attached hydrogens (tertiary/aromatic N) is 2. The molecule has 6 heterocycles. The number of hydrogen-bond donors (Lipinski definition) is 4. The minimum Gasteiger partial charge on any atom is -0.477 e. The number of likely N-dealkylation sites (N-methyl/N-ethyl adjacent to an activating group) is 1. The number of aromatic nitrogens is 1. The highest BCUT2D eigenvalue weighted by Crippen LogP contribution is 2.43. The lowest BCUT2D eigenvalue weighted by Crippen LogP contribution is -2.61. The van der Waals surface area contributed by atoms with Gasteiger partial charge >= 0.3 is 18.0 Å². The van der Waals surface area contributed by atoms with Gasteiger partial charge in [0.25, 0.3) is 0 Å². The molecule has 18 atom stereocenters. The highest BCUT2D eigenvalue weighted by atomic mass is 16.7. The zero-order valence-electron chi connectivity index (χ0n) is 48.6. The van der Waals surface area contributed by atoms with Crippen molar-refractivity contribution >= 4 is 34.7 Å². The zero-order valence-corrected chi connectivity index (χ0v) is 48.6. The molecule has 20 heteroatoms. The summed E-state index contributed by atoms with van der Waals surface area (Å²) in [5.41, 5.74) is -1.25. The van der Waals surface area contributed by atoms with Crippen LogP contribution in [-0.2, 0) is 71.6 Å². The first-order valence-electron chi connectivity index (χ1n) is 28.4. The number of aromatic carboxylic acids is 1. The van der Waals surface area contributed by atoms with Crippen molar-refractivity contribution in [2.45, 2.75) is 218 Å². The third kappa shape index (κ3) is 12.8. The maximum Gasteiger partial charge on any atom is 0.408 e. The summed E-state index contributed by atoms with van der Waals surface area (Å²) in [5.74, 6) is -5.09. The molecule has 438 valence electrons. The van der Waals surface area contributed by atoms with Crippen LogP contribution in [0.1, 0.15) is 136 Å². The molecule has 0 bridgehead atoms. The van der Waals surface area contributed by atoms with E-state index in [0.717, 1.165) is 48.9 Å². The van der Waals surface area contributed by atoms with E-state index in [0.29, 0.717) is 37.9 Å². The van der Waals surface area contributed by atoms with Gasteiger partial charge in [-0.05, 0) is 137 Å². The van der Waals surface area contributed by atoms with E-state index in [1.165, 1.54) is 6.20 Å². The van der Waals surface area contributed by atoms with Gasteiger partial charge in [-0.1, -0.05) is 33.8 Å². The molecule has 0 spiro atoms. The van der Waals surface area contributed by atoms with Gasteiger partial charge in [-0.2, -0.15) is 0 Å². The molecule has 4 N–H and O–H groups in total. The number of Topliss-reactive ketones (excluding diaryl/α,β-unsaturated/α-hetero) is 1. The van der Waals surface area contributed by atoms with Crippen molar-refractivity contribution in [1.29, 1.82) is 0 Å². The number of methoxy groups -OCH3 is 2. The first-order chi connectivity index (χ1) is 36.8. The van der Waals surface area contributed by atoms with Gasteiger partial charge in [-0.25, -0.2) is 9.59 Å². The van der Waals surface area contributed by atoms with Crippen molar-refractivity contribution in [1.82, 2.24) is 20.1 Å². The van der Waals surface area contributed by atoms with Gasteiger partial charge in [0, 0.05) is 69.2 Å². The molecule has 4 fully saturated rings. The lowest BCUT2D eigenvalue weighted by Gasteiger charge is -2.50. The predicted octanol–water partition coefficient (Wildman–Crippen LogP) is 5.79. The molecule has 2 aromatic rings. The standard InChI is InChI=1S/C58H90N4O16/c1-15-42-58(10)49(60-55(69)78-58)33(4)45(63)31(2)28-56(8,70-13)50(77-54-47(65)41(61(11)12)25-32(3)73-54)34(5)48(35(6)53(68)75-42)76-43-29-57(9,71-14)51(36(7)74-43)72-24-18-22-59-21-16-19-37-26-38-20-17-23-62-30-40(52(66)67)46(64)39(27-37)44(38)62/h26-27,30-36,41-43,47-51,54,59,65H,15-25,28-29H2,1-14H3,(H,60,69)(H,66,67)/t31-,32-,33+,34+,35-,36+,41+,42-,43+,47-,48+,49-,50-,51+,54+,56-,57-,58-/m1/s1. The topological polar surface area (TPSA) is 241 Å². The molecule has 20 nitrogen and oxygen atoms in total. The third-order valence-electron chi connectivity index (χ3n) is 17.8. The van der Waals surface area contributed by atoms with E-state index in [2.05, 4.69) is 16.7 Å². The predicted molar refractivity (Wildman–Crippen MR) is 289 cm³/mol. The second-order valence-corrected chi connectivity index (χ2v) is 23.8. The van der Waals surface area contributed by atoms with Gasteiger partial charge in [0.1, 0.15) is 29.7 Å². The minimum absolute atomic E-state index is 0.153. The number of cyclic esters (lactones) is 1. The Morgan fingerprint density at radius 3 is 2.28 bits per heavy atom. The van der Waals surface area contributed by atoms with Crippen molar-refractivity contribution in [3.8, 4) is 0 Å². The van der Waals surface area contributed by atoms with E-state index in [9.17, 15) is 34.2 Å². The summed E-state index contributed by atoms with van der Waals surface area (Å²) >= 11 is 0. The number of amides is 1. The number of fused-ring (bicyclic) bond motifs is 1. The molecule has 4 saturated heterocycles. The quantitative estimate of drug-likeness (QED) is 0.102. The van der Waals surface area contributed by atoms with E-state index >= 15 is 0 Å². The fourth-order valence-corrected chi connectivity index (χ4v) is 13.4. The summed E-state index contributed by atoms with van der Waals surface area (Å²) in [6.45, 7) is 20.9. The highest BCUT2D eigenvalue weighted by Gasteiger charge is 2.58. The molecule has 5 aliphatic rings. The number of pyridine rings is 1. The van der Waals surface area contributed by atoms with Crippen molar-refractivity contribution in [3.05, 3.63) is 45.2 Å². The molecule has 1 aromatic carbocycles. The third-order valence-corrected chi connectivity index (χ3v) is 17.8. The van der Waals surface area contributed by atoms with Gasteiger partial charge in [-0.3, -0.25) is 14.4 Å². The Morgan fingerprint density at radius 1 is 0.923 bits per heavy atom. The van der Waals surface area contributed by atoms with Crippen LogP contribution in [0.15, 0.2) is 23.1 Å². The Kier molecular flexibility index (Phi) is 20.0.